The van der Waals surface area contributed by atoms with Crippen molar-refractivity contribution in [3.8, 4) is 11.5 Å². The largest absolute Gasteiger partial charge is 0.486 e. The van der Waals surface area contributed by atoms with Gasteiger partial charge in [0.05, 0.1) is 5.56 Å². The topological polar surface area (TPSA) is 64.8 Å². The number of carbonyl (C=O) groups is 1. The second-order valence-electron chi connectivity index (χ2n) is 4.97. The van der Waals surface area contributed by atoms with Crippen molar-refractivity contribution >= 4 is 18.3 Å². The molecule has 0 aliphatic carbocycles. The van der Waals surface area contributed by atoms with Crippen LogP contribution in [-0.4, -0.2) is 43.7 Å². The van der Waals surface area contributed by atoms with Crippen LogP contribution in [0, 0.1) is 5.92 Å². The number of carbonyl (C=O) groups excluding carboxylic acids is 1. The number of hydrogen-bond acceptors (Lipinski definition) is 4. The van der Waals surface area contributed by atoms with E-state index in [2.05, 4.69) is 0 Å². The summed E-state index contributed by atoms with van der Waals surface area (Å²) >= 11 is 0. The fraction of sp³-hybridized carbons (Fsp3) is 0.500. The van der Waals surface area contributed by atoms with E-state index in [1.54, 1.807) is 6.07 Å². The number of para-hydroxylation sites is 1. The Kier molecular flexibility index (Phi) is 4.73. The van der Waals surface area contributed by atoms with Gasteiger partial charge in [-0.3, -0.25) is 4.79 Å². The monoisotopic (exact) mass is 298 g/mol. The molecule has 110 valence electrons. The molecule has 2 aliphatic heterocycles. The van der Waals surface area contributed by atoms with E-state index >= 15 is 0 Å². The first-order chi connectivity index (χ1) is 9.29. The van der Waals surface area contributed by atoms with Gasteiger partial charge in [0.15, 0.2) is 11.5 Å². The van der Waals surface area contributed by atoms with Crippen LogP contribution in [0.3, 0.4) is 0 Å². The summed E-state index contributed by atoms with van der Waals surface area (Å²) in [6.45, 7) is 3.16. The molecule has 5 nitrogen and oxygen atoms in total. The van der Waals surface area contributed by atoms with Crippen LogP contribution in [0.1, 0.15) is 16.8 Å². The third kappa shape index (κ3) is 2.69. The van der Waals surface area contributed by atoms with Crippen LogP contribution in [0.4, 0.5) is 0 Å². The molecule has 6 heteroatoms. The predicted octanol–water partition coefficient (Wildman–Crippen LogP) is 1.30. The van der Waals surface area contributed by atoms with Crippen LogP contribution < -0.4 is 15.2 Å². The van der Waals surface area contributed by atoms with Crippen molar-refractivity contribution in [2.24, 2.45) is 11.7 Å². The van der Waals surface area contributed by atoms with Crippen molar-refractivity contribution in [2.75, 3.05) is 32.8 Å². The van der Waals surface area contributed by atoms with E-state index in [0.717, 1.165) is 19.5 Å². The van der Waals surface area contributed by atoms with Gasteiger partial charge < -0.3 is 20.1 Å². The summed E-state index contributed by atoms with van der Waals surface area (Å²) in [6.07, 6.45) is 0.981. The van der Waals surface area contributed by atoms with Crippen LogP contribution in [0.5, 0.6) is 11.5 Å². The van der Waals surface area contributed by atoms with E-state index < -0.39 is 0 Å². The Balaban J connectivity index is 0.00000147. The Morgan fingerprint density at radius 2 is 2.15 bits per heavy atom. The Labute approximate surface area is 124 Å². The van der Waals surface area contributed by atoms with Crippen molar-refractivity contribution in [1.29, 1.82) is 0 Å². The number of ether oxygens (including phenoxy) is 2. The molecular formula is C14H19ClN2O3. The highest BCUT2D eigenvalue weighted by Gasteiger charge is 2.29. The van der Waals surface area contributed by atoms with Gasteiger partial charge >= 0.3 is 0 Å². The number of nitrogens with two attached hydrogens (primary N) is 1. The zero-order chi connectivity index (χ0) is 13.2. The fourth-order valence-corrected chi connectivity index (χ4v) is 2.62. The molecule has 0 spiro atoms. The first-order valence-electron chi connectivity index (χ1n) is 6.67. The fourth-order valence-electron chi connectivity index (χ4n) is 2.62. The molecule has 0 radical (unpaired) electrons. The molecule has 1 saturated heterocycles. The molecule has 1 aromatic rings. The number of halogens is 1. The lowest BCUT2D eigenvalue weighted by atomic mass is 10.1. The average Bonchev–Trinajstić information content (AvgIpc) is 2.95. The van der Waals surface area contributed by atoms with E-state index in [1.807, 2.05) is 17.0 Å². The molecule has 1 unspecified atom stereocenters. The second kappa shape index (κ2) is 6.33. The summed E-state index contributed by atoms with van der Waals surface area (Å²) in [7, 11) is 0. The second-order valence-corrected chi connectivity index (χ2v) is 4.97. The quantitative estimate of drug-likeness (QED) is 0.894. The van der Waals surface area contributed by atoms with Crippen LogP contribution in [0.15, 0.2) is 18.2 Å². The first-order valence-corrected chi connectivity index (χ1v) is 6.67. The molecule has 1 aromatic carbocycles. The van der Waals surface area contributed by atoms with E-state index in [9.17, 15) is 4.79 Å². The van der Waals surface area contributed by atoms with Crippen molar-refractivity contribution in [2.45, 2.75) is 6.42 Å². The van der Waals surface area contributed by atoms with E-state index in [4.69, 9.17) is 15.2 Å². The molecule has 1 atom stereocenters. The van der Waals surface area contributed by atoms with Gasteiger partial charge in [0.1, 0.15) is 13.2 Å². The molecule has 1 amide bonds. The summed E-state index contributed by atoms with van der Waals surface area (Å²) < 4.78 is 11.1. The van der Waals surface area contributed by atoms with Gasteiger partial charge in [0.25, 0.3) is 5.91 Å². The van der Waals surface area contributed by atoms with E-state index in [0.29, 0.717) is 42.7 Å². The first kappa shape index (κ1) is 14.9. The number of likely N-dealkylation sites (tertiary alicyclic amines) is 1. The number of fused-ring (bicyclic) bond motifs is 1. The maximum absolute atomic E-state index is 12.5. The lowest BCUT2D eigenvalue weighted by molar-refractivity contribution is 0.0777. The lowest BCUT2D eigenvalue weighted by Gasteiger charge is -2.23. The molecule has 2 aliphatic rings. The van der Waals surface area contributed by atoms with E-state index in [1.165, 1.54) is 0 Å². The van der Waals surface area contributed by atoms with Gasteiger partial charge in [-0.2, -0.15) is 0 Å². The Hall–Kier alpha value is -1.46. The highest BCUT2D eigenvalue weighted by molar-refractivity contribution is 5.98. The Morgan fingerprint density at radius 3 is 2.90 bits per heavy atom. The standard InChI is InChI=1S/C14H18N2O3.ClH/c15-8-10-4-5-16(9-10)14(17)11-2-1-3-12-13(11)19-7-6-18-12;/h1-3,10H,4-9,15H2;1H. The highest BCUT2D eigenvalue weighted by atomic mass is 35.5. The molecule has 0 aromatic heterocycles. The maximum Gasteiger partial charge on any atom is 0.257 e. The van der Waals surface area contributed by atoms with Gasteiger partial charge in [-0.1, -0.05) is 6.07 Å². The van der Waals surface area contributed by atoms with Gasteiger partial charge in [0, 0.05) is 13.1 Å². The number of benzene rings is 1. The molecule has 1 fully saturated rings. The summed E-state index contributed by atoms with van der Waals surface area (Å²) in [4.78, 5) is 14.4. The van der Waals surface area contributed by atoms with Crippen LogP contribution in [0.2, 0.25) is 0 Å². The molecule has 20 heavy (non-hydrogen) atoms. The molecule has 2 heterocycles. The van der Waals surface area contributed by atoms with Crippen molar-refractivity contribution < 1.29 is 14.3 Å². The van der Waals surface area contributed by atoms with Gasteiger partial charge in [-0.15, -0.1) is 12.4 Å². The minimum atomic E-state index is 0. The zero-order valence-electron chi connectivity index (χ0n) is 11.2. The number of rotatable bonds is 2. The third-order valence-electron chi connectivity index (χ3n) is 3.70. The minimum absolute atomic E-state index is 0. The number of hydrogen-bond donors (Lipinski definition) is 1. The summed E-state index contributed by atoms with van der Waals surface area (Å²) in [5, 5.41) is 0. The summed E-state index contributed by atoms with van der Waals surface area (Å²) in [5.74, 6) is 1.67. The summed E-state index contributed by atoms with van der Waals surface area (Å²) in [6, 6.07) is 5.46. The highest BCUT2D eigenvalue weighted by Crippen LogP contribution is 2.34. The molecule has 0 bridgehead atoms. The van der Waals surface area contributed by atoms with Crippen LogP contribution in [-0.2, 0) is 0 Å². The molecule has 2 N–H and O–H groups in total. The molecule has 0 saturated carbocycles. The van der Waals surface area contributed by atoms with Gasteiger partial charge in [0.2, 0.25) is 0 Å². The zero-order valence-corrected chi connectivity index (χ0v) is 12.0. The molecular weight excluding hydrogens is 280 g/mol. The van der Waals surface area contributed by atoms with Crippen molar-refractivity contribution in [3.05, 3.63) is 23.8 Å². The Morgan fingerprint density at radius 1 is 1.35 bits per heavy atom. The predicted molar refractivity (Wildman–Crippen MR) is 77.7 cm³/mol. The third-order valence-corrected chi connectivity index (χ3v) is 3.70. The SMILES string of the molecule is Cl.NCC1CCN(C(=O)c2cccc3c2OCCO3)C1. The van der Waals surface area contributed by atoms with Crippen LogP contribution in [0.25, 0.3) is 0 Å². The van der Waals surface area contributed by atoms with Gasteiger partial charge in [-0.05, 0) is 31.0 Å². The Bertz CT molecular complexity index is 495. The minimum Gasteiger partial charge on any atom is -0.486 e. The summed E-state index contributed by atoms with van der Waals surface area (Å²) in [5.41, 5.74) is 6.26. The van der Waals surface area contributed by atoms with Gasteiger partial charge in [-0.25, -0.2) is 0 Å². The molecule has 3 rings (SSSR count). The maximum atomic E-state index is 12.5. The van der Waals surface area contributed by atoms with Crippen molar-refractivity contribution in [3.63, 3.8) is 0 Å². The number of amides is 1. The normalized spacial score (nSPS) is 20.4. The number of nitrogens with zero attached hydrogens (tertiary/aromatic N) is 1. The lowest BCUT2D eigenvalue weighted by Crippen LogP contribution is -2.31. The van der Waals surface area contributed by atoms with Crippen molar-refractivity contribution in [1.82, 2.24) is 4.90 Å². The smallest absolute Gasteiger partial charge is 0.257 e. The average molecular weight is 299 g/mol. The van der Waals surface area contributed by atoms with Crippen LogP contribution >= 0.6 is 12.4 Å². The van der Waals surface area contributed by atoms with E-state index in [-0.39, 0.29) is 18.3 Å².